The molecule has 3 aromatic rings. The Labute approximate surface area is 219 Å². The van der Waals surface area contributed by atoms with E-state index in [0.29, 0.717) is 41.4 Å². The minimum Gasteiger partial charge on any atom is -0.481 e. The predicted molar refractivity (Wildman–Crippen MR) is 137 cm³/mol. The number of nitrogens with zero attached hydrogens (tertiary/aromatic N) is 6. The highest BCUT2D eigenvalue weighted by Gasteiger charge is 2.35. The number of anilines is 2. The van der Waals surface area contributed by atoms with E-state index in [9.17, 15) is 18.0 Å². The Balaban J connectivity index is 0.00000380. The van der Waals surface area contributed by atoms with Crippen LogP contribution in [0.2, 0.25) is 0 Å². The second kappa shape index (κ2) is 11.0. The number of aromatic nitrogens is 5. The van der Waals surface area contributed by atoms with Gasteiger partial charge >= 0.3 is 6.18 Å². The van der Waals surface area contributed by atoms with Crippen LogP contribution in [0.25, 0.3) is 0 Å². The average molecular weight is 538 g/mol. The quantitative estimate of drug-likeness (QED) is 0.490. The molecule has 0 unspecified atom stereocenters. The summed E-state index contributed by atoms with van der Waals surface area (Å²) in [5.74, 6) is 1.32. The van der Waals surface area contributed by atoms with Gasteiger partial charge in [-0.15, -0.1) is 0 Å². The molecule has 9 nitrogen and oxygen atoms in total. The minimum absolute atomic E-state index is 0. The number of aryl methyl sites for hydroxylation is 3. The first-order valence-corrected chi connectivity index (χ1v) is 11.5. The van der Waals surface area contributed by atoms with Gasteiger partial charge in [0.1, 0.15) is 23.2 Å². The zero-order valence-corrected chi connectivity index (χ0v) is 22.2. The fourth-order valence-corrected chi connectivity index (χ4v) is 4.36. The molecule has 200 valence electrons. The van der Waals surface area contributed by atoms with Crippen molar-refractivity contribution in [3.8, 4) is 5.88 Å². The molecule has 0 bridgehead atoms. The number of rotatable bonds is 7. The van der Waals surface area contributed by atoms with Crippen LogP contribution >= 0.6 is 13.5 Å². The molecule has 0 aromatic carbocycles. The summed E-state index contributed by atoms with van der Waals surface area (Å²) in [5.41, 5.74) is 1.74. The van der Waals surface area contributed by atoms with Crippen LogP contribution in [0.3, 0.4) is 0 Å². The molecule has 0 saturated carbocycles. The molecule has 1 atom stereocenters. The molecule has 1 N–H and O–H groups in total. The van der Waals surface area contributed by atoms with Crippen molar-refractivity contribution in [3.05, 3.63) is 52.9 Å². The van der Waals surface area contributed by atoms with E-state index in [1.165, 1.54) is 13.2 Å². The molecule has 0 fully saturated rings. The predicted octanol–water partition coefficient (Wildman–Crippen LogP) is 3.76. The van der Waals surface area contributed by atoms with Crippen LogP contribution in [-0.4, -0.2) is 50.8 Å². The van der Waals surface area contributed by atoms with E-state index in [0.717, 1.165) is 11.6 Å². The summed E-state index contributed by atoms with van der Waals surface area (Å²) in [6, 6.07) is 1.97. The molecule has 13 heteroatoms. The van der Waals surface area contributed by atoms with Crippen molar-refractivity contribution >= 4 is 30.9 Å². The van der Waals surface area contributed by atoms with Gasteiger partial charge in [0.05, 0.1) is 25.5 Å². The smallest absolute Gasteiger partial charge is 0.433 e. The number of halogens is 3. The third kappa shape index (κ3) is 5.97. The van der Waals surface area contributed by atoms with Crippen molar-refractivity contribution in [1.29, 1.82) is 0 Å². The second-order valence-electron chi connectivity index (χ2n) is 9.12. The van der Waals surface area contributed by atoms with Crippen LogP contribution in [0.4, 0.5) is 24.7 Å². The molecule has 1 amide bonds. The Morgan fingerprint density at radius 1 is 1.16 bits per heavy atom. The lowest BCUT2D eigenvalue weighted by atomic mass is 9.99. The minimum atomic E-state index is -4.54. The molecule has 37 heavy (non-hydrogen) atoms. The molecule has 1 aliphatic heterocycles. The van der Waals surface area contributed by atoms with Crippen molar-refractivity contribution in [1.82, 2.24) is 24.7 Å². The third-order valence-electron chi connectivity index (χ3n) is 6.10. The third-order valence-corrected chi connectivity index (χ3v) is 6.10. The number of alkyl halides is 3. The number of ether oxygens (including phenoxy) is 1. The number of hydrogen-bond donors (Lipinski definition) is 1. The maximum atomic E-state index is 12.9. The first-order chi connectivity index (χ1) is 17.0. The van der Waals surface area contributed by atoms with Crippen molar-refractivity contribution < 1.29 is 22.7 Å². The molecule has 3 aromatic heterocycles. The van der Waals surface area contributed by atoms with Crippen LogP contribution in [-0.2, 0) is 30.4 Å². The zero-order chi connectivity index (χ0) is 26.2. The van der Waals surface area contributed by atoms with E-state index in [1.807, 2.05) is 38.9 Å². The number of methoxy groups -OCH3 is 1. The molecule has 0 radical (unpaired) electrons. The Bertz CT molecular complexity index is 1280. The Kier molecular flexibility index (Phi) is 8.35. The van der Waals surface area contributed by atoms with Crippen molar-refractivity contribution in [2.75, 3.05) is 24.4 Å². The fourth-order valence-electron chi connectivity index (χ4n) is 4.36. The fraction of sp³-hybridized carbons (Fsp3) is 0.458. The highest BCUT2D eigenvalue weighted by molar-refractivity contribution is 7.59. The standard InChI is InChI=1S/C24H28F3N7O2.H2S/c1-13(2)20-22(35)32-19-14(3)29-18(31-21(19)33(20)4)9-6-15-10-28-34(11-15)12-16-7-8-17(24(25,26)27)30-23(16)36-5;/h7-8,10-11,13,20H,6,9,12H2,1-5H3,(H,32,35);1H2/t20-;/m0./s1. The summed E-state index contributed by atoms with van der Waals surface area (Å²) < 4.78 is 45.5. The van der Waals surface area contributed by atoms with Gasteiger partial charge in [0.15, 0.2) is 5.82 Å². The van der Waals surface area contributed by atoms with Gasteiger partial charge in [-0.3, -0.25) is 9.48 Å². The maximum Gasteiger partial charge on any atom is 0.433 e. The van der Waals surface area contributed by atoms with Gasteiger partial charge in [0.2, 0.25) is 11.8 Å². The number of carbonyl (C=O) groups is 1. The molecule has 0 saturated heterocycles. The lowest BCUT2D eigenvalue weighted by molar-refractivity contribution is -0.141. The highest BCUT2D eigenvalue weighted by atomic mass is 32.1. The van der Waals surface area contributed by atoms with Crippen molar-refractivity contribution in [3.63, 3.8) is 0 Å². The molecule has 0 aliphatic carbocycles. The Morgan fingerprint density at radius 3 is 2.54 bits per heavy atom. The number of nitrogens with one attached hydrogen (secondary N) is 1. The summed E-state index contributed by atoms with van der Waals surface area (Å²) >= 11 is 0. The Morgan fingerprint density at radius 2 is 1.89 bits per heavy atom. The summed E-state index contributed by atoms with van der Waals surface area (Å²) in [6.07, 6.45) is 0.154. The van der Waals surface area contributed by atoms with Crippen LogP contribution in [0.15, 0.2) is 24.5 Å². The molecular formula is C24H30F3N7O2S. The van der Waals surface area contributed by atoms with Crippen molar-refractivity contribution in [2.24, 2.45) is 5.92 Å². The van der Waals surface area contributed by atoms with E-state index in [2.05, 4.69) is 20.4 Å². The van der Waals surface area contributed by atoms with E-state index >= 15 is 0 Å². The monoisotopic (exact) mass is 537 g/mol. The van der Waals surface area contributed by atoms with Gasteiger partial charge < -0.3 is 15.0 Å². The number of amides is 1. The number of likely N-dealkylation sites (N-methyl/N-ethyl adjacent to an activating group) is 1. The number of fused-ring (bicyclic) bond motifs is 1. The van der Waals surface area contributed by atoms with Gasteiger partial charge in [-0.25, -0.2) is 15.0 Å². The lowest BCUT2D eigenvalue weighted by Gasteiger charge is -2.36. The number of hydrogen-bond acceptors (Lipinski definition) is 7. The largest absolute Gasteiger partial charge is 0.481 e. The molecule has 4 heterocycles. The zero-order valence-electron chi connectivity index (χ0n) is 21.2. The molecule has 1 aliphatic rings. The summed E-state index contributed by atoms with van der Waals surface area (Å²) in [4.78, 5) is 27.3. The average Bonchev–Trinajstić information content (AvgIpc) is 3.25. The van der Waals surface area contributed by atoms with E-state index < -0.39 is 11.9 Å². The SMILES string of the molecule is COc1nc(C(F)(F)F)ccc1Cn1cc(CCc2nc(C)c3c(n2)N(C)[C@@H](C(C)C)C(=O)N3)cn1.S. The molecule has 0 spiro atoms. The van der Waals surface area contributed by atoms with Crippen LogP contribution in [0, 0.1) is 12.8 Å². The molecular weight excluding hydrogens is 507 g/mol. The lowest BCUT2D eigenvalue weighted by Crippen LogP contribution is -2.49. The van der Waals surface area contributed by atoms with Gasteiger partial charge in [0.25, 0.3) is 0 Å². The van der Waals surface area contributed by atoms with E-state index in [4.69, 9.17) is 9.72 Å². The van der Waals surface area contributed by atoms with Crippen LogP contribution in [0.1, 0.15) is 42.2 Å². The van der Waals surface area contributed by atoms with Gasteiger partial charge in [-0.1, -0.05) is 13.8 Å². The summed E-state index contributed by atoms with van der Waals surface area (Å²) in [7, 11) is 3.15. The number of carbonyl (C=O) groups excluding carboxylic acids is 1. The van der Waals surface area contributed by atoms with Gasteiger partial charge in [0, 0.05) is 25.2 Å². The summed E-state index contributed by atoms with van der Waals surface area (Å²) in [6.45, 7) is 6.05. The first kappa shape index (κ1) is 28.2. The van der Waals surface area contributed by atoms with Crippen LogP contribution < -0.4 is 15.0 Å². The highest BCUT2D eigenvalue weighted by Crippen LogP contribution is 2.33. The maximum absolute atomic E-state index is 12.9. The van der Waals surface area contributed by atoms with Crippen molar-refractivity contribution in [2.45, 2.75) is 52.4 Å². The number of pyridine rings is 1. The summed E-state index contributed by atoms with van der Waals surface area (Å²) in [5, 5.41) is 7.26. The second-order valence-corrected chi connectivity index (χ2v) is 9.12. The van der Waals surface area contributed by atoms with Gasteiger partial charge in [-0.2, -0.15) is 31.8 Å². The van der Waals surface area contributed by atoms with E-state index in [1.54, 1.807) is 10.9 Å². The van der Waals surface area contributed by atoms with Crippen LogP contribution in [0.5, 0.6) is 5.88 Å². The first-order valence-electron chi connectivity index (χ1n) is 11.5. The molecule has 4 rings (SSSR count). The Hall–Kier alpha value is -3.35. The topological polar surface area (TPSA) is 98.1 Å². The van der Waals surface area contributed by atoms with Gasteiger partial charge in [-0.05, 0) is 37.0 Å². The van der Waals surface area contributed by atoms with E-state index in [-0.39, 0.29) is 43.8 Å². The normalized spacial score (nSPS) is 15.3.